The maximum atomic E-state index is 12.1. The Morgan fingerprint density at radius 1 is 1.33 bits per heavy atom. The fourth-order valence-corrected chi connectivity index (χ4v) is 2.01. The van der Waals surface area contributed by atoms with Crippen molar-refractivity contribution >= 4 is 12.0 Å². The highest BCUT2D eigenvalue weighted by molar-refractivity contribution is 6.01. The van der Waals surface area contributed by atoms with Crippen LogP contribution in [0, 0.1) is 11.3 Å². The van der Waals surface area contributed by atoms with Crippen molar-refractivity contribution in [1.82, 2.24) is 10.3 Å². The van der Waals surface area contributed by atoms with Gasteiger partial charge in [0, 0.05) is 18.9 Å². The van der Waals surface area contributed by atoms with Gasteiger partial charge in [0.05, 0.1) is 6.10 Å². The highest BCUT2D eigenvalue weighted by Gasteiger charge is 2.09. The second-order valence-electron chi connectivity index (χ2n) is 5.45. The van der Waals surface area contributed by atoms with Crippen LogP contribution in [0.15, 0.2) is 54.4 Å². The lowest BCUT2D eigenvalue weighted by Crippen LogP contribution is -2.23. The molecule has 1 heterocycles. The van der Waals surface area contributed by atoms with Gasteiger partial charge in [-0.1, -0.05) is 18.2 Å². The Morgan fingerprint density at radius 3 is 2.67 bits per heavy atom. The van der Waals surface area contributed by atoms with Crippen LogP contribution in [0.5, 0.6) is 5.75 Å². The van der Waals surface area contributed by atoms with Gasteiger partial charge in [-0.2, -0.15) is 5.26 Å². The van der Waals surface area contributed by atoms with Crippen molar-refractivity contribution in [2.75, 3.05) is 0 Å². The topological polar surface area (TPSA) is 75.0 Å². The van der Waals surface area contributed by atoms with Crippen LogP contribution in [0.2, 0.25) is 0 Å². The standard InChI is InChI=1S/C19H19N3O2/c1-14(2)24-18-7-5-15(6-8-18)10-17(11-20)19(23)22-13-16-4-3-9-21-12-16/h3-10,12,14H,13H2,1-2H3,(H,22,23)/b17-10+. The number of pyridine rings is 1. The van der Waals surface area contributed by atoms with E-state index in [0.717, 1.165) is 16.9 Å². The number of carbonyl (C=O) groups is 1. The first kappa shape index (κ1) is 17.2. The van der Waals surface area contributed by atoms with Crippen molar-refractivity contribution in [3.8, 4) is 11.8 Å². The van der Waals surface area contributed by atoms with Crippen LogP contribution in [0.3, 0.4) is 0 Å². The van der Waals surface area contributed by atoms with E-state index in [0.29, 0.717) is 6.54 Å². The fourth-order valence-electron chi connectivity index (χ4n) is 2.01. The molecule has 0 aliphatic heterocycles. The molecule has 0 unspecified atom stereocenters. The van der Waals surface area contributed by atoms with Gasteiger partial charge in [0.25, 0.3) is 5.91 Å². The lowest BCUT2D eigenvalue weighted by atomic mass is 10.1. The summed E-state index contributed by atoms with van der Waals surface area (Å²) in [5, 5.41) is 11.9. The van der Waals surface area contributed by atoms with Crippen LogP contribution >= 0.6 is 0 Å². The Hall–Kier alpha value is -3.13. The van der Waals surface area contributed by atoms with E-state index in [9.17, 15) is 10.1 Å². The fraction of sp³-hybridized carbons (Fsp3) is 0.211. The van der Waals surface area contributed by atoms with E-state index in [4.69, 9.17) is 4.74 Å². The molecule has 0 saturated heterocycles. The van der Waals surface area contributed by atoms with Crippen LogP contribution in [0.1, 0.15) is 25.0 Å². The van der Waals surface area contributed by atoms with E-state index >= 15 is 0 Å². The molecule has 0 bridgehead atoms. The van der Waals surface area contributed by atoms with Gasteiger partial charge in [-0.15, -0.1) is 0 Å². The molecule has 1 N–H and O–H groups in total. The van der Waals surface area contributed by atoms with Crippen molar-refractivity contribution in [1.29, 1.82) is 5.26 Å². The van der Waals surface area contributed by atoms with Crippen LogP contribution < -0.4 is 10.1 Å². The lowest BCUT2D eigenvalue weighted by Gasteiger charge is -2.09. The number of nitrogens with zero attached hydrogens (tertiary/aromatic N) is 2. The number of hydrogen-bond donors (Lipinski definition) is 1. The molecular formula is C19H19N3O2. The lowest BCUT2D eigenvalue weighted by molar-refractivity contribution is -0.117. The van der Waals surface area contributed by atoms with Gasteiger partial charge in [0.2, 0.25) is 0 Å². The molecule has 24 heavy (non-hydrogen) atoms. The summed E-state index contributed by atoms with van der Waals surface area (Å²) in [5.41, 5.74) is 1.69. The number of aromatic nitrogens is 1. The zero-order valence-corrected chi connectivity index (χ0v) is 13.7. The molecule has 0 atom stereocenters. The first-order chi connectivity index (χ1) is 11.6. The zero-order valence-electron chi connectivity index (χ0n) is 13.7. The molecule has 0 fully saturated rings. The highest BCUT2D eigenvalue weighted by Crippen LogP contribution is 2.16. The molecule has 1 amide bonds. The average Bonchev–Trinajstić information content (AvgIpc) is 2.59. The van der Waals surface area contributed by atoms with Crippen molar-refractivity contribution in [3.05, 3.63) is 65.5 Å². The number of carbonyl (C=O) groups excluding carboxylic acids is 1. The smallest absolute Gasteiger partial charge is 0.262 e. The predicted molar refractivity (Wildman–Crippen MR) is 91.9 cm³/mol. The maximum absolute atomic E-state index is 12.1. The van der Waals surface area contributed by atoms with Gasteiger partial charge in [0.15, 0.2) is 0 Å². The van der Waals surface area contributed by atoms with Gasteiger partial charge in [-0.25, -0.2) is 0 Å². The van der Waals surface area contributed by atoms with Gasteiger partial charge in [-0.05, 0) is 49.2 Å². The zero-order chi connectivity index (χ0) is 17.4. The molecule has 5 heteroatoms. The Balaban J connectivity index is 2.02. The van der Waals surface area contributed by atoms with E-state index in [1.165, 1.54) is 0 Å². The molecule has 2 rings (SSSR count). The van der Waals surface area contributed by atoms with E-state index in [2.05, 4.69) is 10.3 Å². The largest absolute Gasteiger partial charge is 0.491 e. The number of benzene rings is 1. The number of hydrogen-bond acceptors (Lipinski definition) is 4. The Bertz CT molecular complexity index is 744. The van der Waals surface area contributed by atoms with Crippen molar-refractivity contribution in [2.24, 2.45) is 0 Å². The third-order valence-corrected chi connectivity index (χ3v) is 3.10. The molecule has 1 aromatic carbocycles. The summed E-state index contributed by atoms with van der Waals surface area (Å²) >= 11 is 0. The van der Waals surface area contributed by atoms with Crippen LogP contribution in [-0.2, 0) is 11.3 Å². The van der Waals surface area contributed by atoms with Crippen molar-refractivity contribution < 1.29 is 9.53 Å². The Kier molecular flexibility index (Phi) is 6.09. The Labute approximate surface area is 141 Å². The summed E-state index contributed by atoms with van der Waals surface area (Å²) in [6, 6.07) is 12.8. The van der Waals surface area contributed by atoms with Crippen molar-refractivity contribution in [2.45, 2.75) is 26.5 Å². The number of rotatable bonds is 6. The van der Waals surface area contributed by atoms with Crippen LogP contribution in [0.25, 0.3) is 6.08 Å². The summed E-state index contributed by atoms with van der Waals surface area (Å²) in [4.78, 5) is 16.1. The summed E-state index contributed by atoms with van der Waals surface area (Å²) in [5.74, 6) is 0.338. The molecule has 0 aliphatic carbocycles. The molecule has 5 nitrogen and oxygen atoms in total. The number of ether oxygens (including phenoxy) is 1. The Morgan fingerprint density at radius 2 is 2.08 bits per heavy atom. The molecule has 0 radical (unpaired) electrons. The quantitative estimate of drug-likeness (QED) is 0.655. The second kappa shape index (κ2) is 8.49. The van der Waals surface area contributed by atoms with E-state index < -0.39 is 5.91 Å². The molecular weight excluding hydrogens is 302 g/mol. The first-order valence-corrected chi connectivity index (χ1v) is 7.64. The first-order valence-electron chi connectivity index (χ1n) is 7.64. The van der Waals surface area contributed by atoms with Gasteiger partial charge in [0.1, 0.15) is 17.4 Å². The molecule has 122 valence electrons. The minimum absolute atomic E-state index is 0.0522. The average molecular weight is 321 g/mol. The number of nitriles is 1. The maximum Gasteiger partial charge on any atom is 0.262 e. The number of nitrogens with one attached hydrogen (secondary N) is 1. The monoisotopic (exact) mass is 321 g/mol. The minimum Gasteiger partial charge on any atom is -0.491 e. The van der Waals surface area contributed by atoms with E-state index in [1.54, 1.807) is 24.5 Å². The normalized spacial score (nSPS) is 11.0. The summed E-state index contributed by atoms with van der Waals surface area (Å²) in [6.07, 6.45) is 4.99. The third-order valence-electron chi connectivity index (χ3n) is 3.10. The molecule has 2 aromatic rings. The molecule has 0 aliphatic rings. The van der Waals surface area contributed by atoms with Gasteiger partial charge >= 0.3 is 0 Å². The van der Waals surface area contributed by atoms with E-state index in [-0.39, 0.29) is 11.7 Å². The van der Waals surface area contributed by atoms with E-state index in [1.807, 2.05) is 50.2 Å². The molecule has 0 spiro atoms. The molecule has 0 saturated carbocycles. The summed E-state index contributed by atoms with van der Waals surface area (Å²) in [6.45, 7) is 4.23. The van der Waals surface area contributed by atoms with Crippen LogP contribution in [-0.4, -0.2) is 17.0 Å². The predicted octanol–water partition coefficient (Wildman–Crippen LogP) is 3.09. The number of amides is 1. The SMILES string of the molecule is CC(C)Oc1ccc(/C=C(\C#N)C(=O)NCc2cccnc2)cc1. The summed E-state index contributed by atoms with van der Waals surface area (Å²) in [7, 11) is 0. The van der Waals surface area contributed by atoms with Crippen molar-refractivity contribution in [3.63, 3.8) is 0 Å². The van der Waals surface area contributed by atoms with Gasteiger partial charge in [-0.3, -0.25) is 9.78 Å². The second-order valence-corrected chi connectivity index (χ2v) is 5.45. The minimum atomic E-state index is -0.413. The summed E-state index contributed by atoms with van der Waals surface area (Å²) < 4.78 is 5.56. The third kappa shape index (κ3) is 5.25. The highest BCUT2D eigenvalue weighted by atomic mass is 16.5. The van der Waals surface area contributed by atoms with Gasteiger partial charge < -0.3 is 10.1 Å². The molecule has 1 aromatic heterocycles. The van der Waals surface area contributed by atoms with Crippen LogP contribution in [0.4, 0.5) is 0 Å².